The van der Waals surface area contributed by atoms with E-state index in [9.17, 15) is 4.39 Å². The van der Waals surface area contributed by atoms with Crippen molar-refractivity contribution in [3.05, 3.63) is 77.9 Å². The average Bonchev–Trinajstić information content (AvgIpc) is 3.34. The molecule has 0 aliphatic carbocycles. The van der Waals surface area contributed by atoms with E-state index in [-0.39, 0.29) is 5.82 Å². The zero-order chi connectivity index (χ0) is 21.1. The first-order valence-corrected chi connectivity index (χ1v) is 9.49. The summed E-state index contributed by atoms with van der Waals surface area (Å²) in [6.45, 7) is 2.75. The van der Waals surface area contributed by atoms with Gasteiger partial charge in [0.15, 0.2) is 0 Å². The number of nitrogens with zero attached hydrogens (tertiary/aromatic N) is 5. The molecule has 0 saturated heterocycles. The van der Waals surface area contributed by atoms with Crippen LogP contribution < -0.4 is 4.74 Å². The van der Waals surface area contributed by atoms with Gasteiger partial charge < -0.3 is 9.15 Å². The lowest BCUT2D eigenvalue weighted by Crippen LogP contribution is -2.17. The Labute approximate surface area is 173 Å². The van der Waals surface area contributed by atoms with Gasteiger partial charge in [0, 0.05) is 36.9 Å². The minimum absolute atomic E-state index is 0.385. The molecule has 0 atom stereocenters. The molecule has 0 saturated carbocycles. The van der Waals surface area contributed by atoms with Crippen LogP contribution in [-0.2, 0) is 13.1 Å². The molecular weight excluding hydrogens is 385 g/mol. The molecule has 4 aromatic rings. The summed E-state index contributed by atoms with van der Waals surface area (Å²) in [5.74, 6) is 1.13. The van der Waals surface area contributed by atoms with Crippen LogP contribution in [0.3, 0.4) is 0 Å². The summed E-state index contributed by atoms with van der Waals surface area (Å²) in [5, 5.41) is 12.6. The molecule has 0 aliphatic heterocycles. The first kappa shape index (κ1) is 19.8. The van der Waals surface area contributed by atoms with Crippen molar-refractivity contribution in [3.8, 4) is 22.7 Å². The van der Waals surface area contributed by atoms with Crippen LogP contribution in [0.15, 0.2) is 59.1 Å². The number of hydrogen-bond donors (Lipinski definition) is 0. The van der Waals surface area contributed by atoms with Gasteiger partial charge >= 0.3 is 0 Å². The molecule has 30 heavy (non-hydrogen) atoms. The number of para-hydroxylation sites is 1. The van der Waals surface area contributed by atoms with Gasteiger partial charge in [-0.15, -0.1) is 10.2 Å². The summed E-state index contributed by atoms with van der Waals surface area (Å²) >= 11 is 0. The number of halogens is 1. The maximum Gasteiger partial charge on any atom is 0.230 e. The molecular formula is C22H22FN5O2. The lowest BCUT2D eigenvalue weighted by molar-refractivity contribution is 0.279. The molecule has 0 spiro atoms. The van der Waals surface area contributed by atoms with Gasteiger partial charge in [0.25, 0.3) is 0 Å². The molecule has 0 amide bonds. The molecule has 154 valence electrons. The van der Waals surface area contributed by atoms with E-state index in [2.05, 4.69) is 15.3 Å². The van der Waals surface area contributed by atoms with Gasteiger partial charge in [-0.3, -0.25) is 4.90 Å². The maximum absolute atomic E-state index is 14.8. The summed E-state index contributed by atoms with van der Waals surface area (Å²) in [7, 11) is 3.45. The molecule has 2 heterocycles. The third-order valence-corrected chi connectivity index (χ3v) is 4.66. The predicted octanol–water partition coefficient (Wildman–Crippen LogP) is 4.01. The fourth-order valence-corrected chi connectivity index (χ4v) is 3.26. The second kappa shape index (κ2) is 8.46. The zero-order valence-corrected chi connectivity index (χ0v) is 17.0. The highest BCUT2D eigenvalue weighted by Gasteiger charge is 2.18. The summed E-state index contributed by atoms with van der Waals surface area (Å²) in [4.78, 5) is 2.02. The number of methoxy groups -OCH3 is 1. The Balaban J connectivity index is 1.69. The minimum atomic E-state index is -0.385. The number of hydrogen-bond acceptors (Lipinski definition) is 6. The summed E-state index contributed by atoms with van der Waals surface area (Å²) in [5.41, 5.74) is 2.77. The summed E-state index contributed by atoms with van der Waals surface area (Å²) in [6.07, 6.45) is 1.92. The van der Waals surface area contributed by atoms with E-state index in [0.717, 1.165) is 11.3 Å². The van der Waals surface area contributed by atoms with Gasteiger partial charge in [0.2, 0.25) is 11.8 Å². The predicted molar refractivity (Wildman–Crippen MR) is 110 cm³/mol. The highest BCUT2D eigenvalue weighted by atomic mass is 19.1. The fraction of sp³-hybridized carbons (Fsp3) is 0.227. The SMILES string of the molecule is COc1ccc(-c2nn(-c3ccccc3)cc2CN(C)Cc2nnc(C)o2)c(F)c1. The Hall–Kier alpha value is -3.52. The van der Waals surface area contributed by atoms with E-state index in [4.69, 9.17) is 9.15 Å². The van der Waals surface area contributed by atoms with Crippen molar-refractivity contribution in [2.24, 2.45) is 0 Å². The molecule has 0 unspecified atom stereocenters. The van der Waals surface area contributed by atoms with E-state index >= 15 is 0 Å². The van der Waals surface area contributed by atoms with Crippen molar-refractivity contribution < 1.29 is 13.5 Å². The Morgan fingerprint density at radius 3 is 2.57 bits per heavy atom. The van der Waals surface area contributed by atoms with E-state index < -0.39 is 0 Å². The van der Waals surface area contributed by atoms with E-state index in [0.29, 0.717) is 41.9 Å². The van der Waals surface area contributed by atoms with E-state index in [1.165, 1.54) is 13.2 Å². The summed E-state index contributed by atoms with van der Waals surface area (Å²) in [6, 6.07) is 14.5. The molecule has 0 N–H and O–H groups in total. The smallest absolute Gasteiger partial charge is 0.230 e. The molecule has 2 aromatic heterocycles. The Morgan fingerprint density at radius 1 is 1.10 bits per heavy atom. The molecule has 8 heteroatoms. The van der Waals surface area contributed by atoms with E-state index in [1.807, 2.05) is 48.5 Å². The topological polar surface area (TPSA) is 69.2 Å². The van der Waals surface area contributed by atoms with Crippen LogP contribution in [0.1, 0.15) is 17.3 Å². The van der Waals surface area contributed by atoms with Crippen LogP contribution in [-0.4, -0.2) is 39.0 Å². The van der Waals surface area contributed by atoms with Gasteiger partial charge in [0.1, 0.15) is 17.3 Å². The lowest BCUT2D eigenvalue weighted by Gasteiger charge is -2.14. The highest BCUT2D eigenvalue weighted by molar-refractivity contribution is 5.65. The first-order valence-electron chi connectivity index (χ1n) is 9.49. The normalized spacial score (nSPS) is 11.2. The number of benzene rings is 2. The number of rotatable bonds is 7. The molecule has 0 radical (unpaired) electrons. The zero-order valence-electron chi connectivity index (χ0n) is 17.0. The Kier molecular flexibility index (Phi) is 5.58. The van der Waals surface area contributed by atoms with Gasteiger partial charge in [0.05, 0.1) is 19.3 Å². The van der Waals surface area contributed by atoms with Crippen LogP contribution in [0.5, 0.6) is 5.75 Å². The molecule has 7 nitrogen and oxygen atoms in total. The van der Waals surface area contributed by atoms with Crippen molar-refractivity contribution in [1.82, 2.24) is 24.9 Å². The van der Waals surface area contributed by atoms with Crippen molar-refractivity contribution in [3.63, 3.8) is 0 Å². The standard InChI is InChI=1S/C22H22FN5O2/c1-15-24-25-21(30-15)14-27(2)12-16-13-28(17-7-5-4-6-8-17)26-22(16)19-10-9-18(29-3)11-20(19)23/h4-11,13H,12,14H2,1-3H3. The summed E-state index contributed by atoms with van der Waals surface area (Å²) < 4.78 is 27.2. The molecule has 0 fully saturated rings. The van der Waals surface area contributed by atoms with Crippen LogP contribution in [0.25, 0.3) is 16.9 Å². The Morgan fingerprint density at radius 2 is 1.90 bits per heavy atom. The third-order valence-electron chi connectivity index (χ3n) is 4.66. The monoisotopic (exact) mass is 407 g/mol. The fourth-order valence-electron chi connectivity index (χ4n) is 3.26. The molecule has 4 rings (SSSR count). The number of ether oxygens (including phenoxy) is 1. The van der Waals surface area contributed by atoms with Gasteiger partial charge in [-0.1, -0.05) is 18.2 Å². The average molecular weight is 407 g/mol. The second-order valence-electron chi connectivity index (χ2n) is 7.02. The van der Waals surface area contributed by atoms with Gasteiger partial charge in [-0.05, 0) is 31.3 Å². The first-order chi connectivity index (χ1) is 14.5. The molecule has 0 aliphatic rings. The third kappa shape index (κ3) is 4.23. The van der Waals surface area contributed by atoms with Crippen molar-refractivity contribution in [2.75, 3.05) is 14.2 Å². The highest BCUT2D eigenvalue weighted by Crippen LogP contribution is 2.29. The quantitative estimate of drug-likeness (QED) is 0.461. The maximum atomic E-state index is 14.8. The largest absolute Gasteiger partial charge is 0.497 e. The van der Waals surface area contributed by atoms with Crippen molar-refractivity contribution >= 4 is 0 Å². The van der Waals surface area contributed by atoms with Crippen molar-refractivity contribution in [1.29, 1.82) is 0 Å². The van der Waals surface area contributed by atoms with Crippen LogP contribution >= 0.6 is 0 Å². The Bertz CT molecular complexity index is 1140. The van der Waals surface area contributed by atoms with E-state index in [1.54, 1.807) is 23.7 Å². The van der Waals surface area contributed by atoms with Crippen molar-refractivity contribution in [2.45, 2.75) is 20.0 Å². The van der Waals surface area contributed by atoms with Gasteiger partial charge in [-0.25, -0.2) is 9.07 Å². The molecule has 0 bridgehead atoms. The minimum Gasteiger partial charge on any atom is -0.497 e. The molecule has 2 aromatic carbocycles. The van der Waals surface area contributed by atoms with Crippen LogP contribution in [0.2, 0.25) is 0 Å². The van der Waals surface area contributed by atoms with Gasteiger partial charge in [-0.2, -0.15) is 5.10 Å². The number of aromatic nitrogens is 4. The second-order valence-corrected chi connectivity index (χ2v) is 7.02. The van der Waals surface area contributed by atoms with Crippen LogP contribution in [0.4, 0.5) is 4.39 Å². The number of aryl methyl sites for hydroxylation is 1. The lowest BCUT2D eigenvalue weighted by atomic mass is 10.1. The van der Waals surface area contributed by atoms with Crippen LogP contribution in [0, 0.1) is 12.7 Å².